The monoisotopic (exact) mass is 479 g/mol. The standard InChI is InChI=1S/C26H41N9/c1-6-8-20(9-7-2)30-26-31-23(27)25-29-21(17-35(25)32-26)15-19-14-18(3)24(28-16-19)34-12-10-22(11-13-34)33(4)5/h14,16-17,20,22H,6-13,15H2,1-5H3,(H3,27,30,31,32). The summed E-state index contributed by atoms with van der Waals surface area (Å²) in [7, 11) is 4.34. The molecule has 190 valence electrons. The van der Waals surface area contributed by atoms with E-state index in [1.165, 1.54) is 18.4 Å². The number of anilines is 3. The second-order valence-corrected chi connectivity index (χ2v) is 10.1. The van der Waals surface area contributed by atoms with Crippen LogP contribution in [0, 0.1) is 6.92 Å². The van der Waals surface area contributed by atoms with Gasteiger partial charge < -0.3 is 20.9 Å². The molecular formula is C26H41N9. The van der Waals surface area contributed by atoms with Crippen molar-refractivity contribution in [3.63, 3.8) is 0 Å². The molecule has 3 aromatic heterocycles. The lowest BCUT2D eigenvalue weighted by Crippen LogP contribution is -2.42. The largest absolute Gasteiger partial charge is 0.380 e. The molecule has 4 heterocycles. The van der Waals surface area contributed by atoms with Gasteiger partial charge in [-0.1, -0.05) is 32.8 Å². The maximum absolute atomic E-state index is 6.25. The van der Waals surface area contributed by atoms with Gasteiger partial charge in [0.25, 0.3) is 0 Å². The van der Waals surface area contributed by atoms with Gasteiger partial charge in [0.1, 0.15) is 5.82 Å². The Morgan fingerprint density at radius 1 is 1.14 bits per heavy atom. The Bertz CT molecular complexity index is 1110. The predicted octanol–water partition coefficient (Wildman–Crippen LogP) is 3.91. The van der Waals surface area contributed by atoms with Crippen molar-refractivity contribution in [3.05, 3.63) is 35.3 Å². The fourth-order valence-corrected chi connectivity index (χ4v) is 5.13. The number of aryl methyl sites for hydroxylation is 1. The van der Waals surface area contributed by atoms with Crippen LogP contribution in [-0.4, -0.2) is 68.7 Å². The van der Waals surface area contributed by atoms with E-state index < -0.39 is 0 Å². The molecule has 9 nitrogen and oxygen atoms in total. The third-order valence-electron chi connectivity index (χ3n) is 6.99. The van der Waals surface area contributed by atoms with Crippen molar-refractivity contribution in [2.45, 2.75) is 77.8 Å². The van der Waals surface area contributed by atoms with Crippen LogP contribution in [0.1, 0.15) is 69.2 Å². The third kappa shape index (κ3) is 6.01. The minimum absolute atomic E-state index is 0.353. The molecule has 0 aliphatic carbocycles. The number of nitrogens with two attached hydrogens (primary N) is 1. The van der Waals surface area contributed by atoms with E-state index in [4.69, 9.17) is 15.7 Å². The normalized spacial score (nSPS) is 15.0. The molecule has 0 aromatic carbocycles. The third-order valence-corrected chi connectivity index (χ3v) is 6.99. The van der Waals surface area contributed by atoms with Crippen molar-refractivity contribution < 1.29 is 0 Å². The average molecular weight is 480 g/mol. The first-order chi connectivity index (χ1) is 16.9. The molecule has 0 radical (unpaired) electrons. The molecule has 35 heavy (non-hydrogen) atoms. The molecule has 9 heteroatoms. The van der Waals surface area contributed by atoms with Crippen LogP contribution < -0.4 is 16.0 Å². The zero-order valence-electron chi connectivity index (χ0n) is 22.0. The van der Waals surface area contributed by atoms with E-state index >= 15 is 0 Å². The second-order valence-electron chi connectivity index (χ2n) is 10.1. The van der Waals surface area contributed by atoms with Gasteiger partial charge >= 0.3 is 0 Å². The van der Waals surface area contributed by atoms with E-state index in [0.29, 0.717) is 35.9 Å². The Kier molecular flexibility index (Phi) is 8.05. The van der Waals surface area contributed by atoms with Crippen molar-refractivity contribution in [2.24, 2.45) is 0 Å². The van der Waals surface area contributed by atoms with Crippen LogP contribution in [0.25, 0.3) is 5.65 Å². The Balaban J connectivity index is 1.46. The molecule has 1 fully saturated rings. The Morgan fingerprint density at radius 2 is 1.86 bits per heavy atom. The number of hydrogen-bond donors (Lipinski definition) is 2. The van der Waals surface area contributed by atoms with Crippen molar-refractivity contribution in [2.75, 3.05) is 43.1 Å². The minimum Gasteiger partial charge on any atom is -0.380 e. The average Bonchev–Trinajstić information content (AvgIpc) is 3.22. The molecule has 0 unspecified atom stereocenters. The first kappa shape index (κ1) is 25.2. The SMILES string of the molecule is CCCC(CCC)Nc1nc(N)c2nc(Cc3cnc(N4CCC(N(C)C)CC4)c(C)c3)cn2n1. The minimum atomic E-state index is 0.353. The Hall–Kier alpha value is -2.94. The van der Waals surface area contributed by atoms with Crippen LogP contribution in [0.3, 0.4) is 0 Å². The number of piperidine rings is 1. The van der Waals surface area contributed by atoms with Gasteiger partial charge in [-0.2, -0.15) is 4.98 Å². The summed E-state index contributed by atoms with van der Waals surface area (Å²) in [6.45, 7) is 8.64. The molecule has 3 aromatic rings. The molecule has 0 spiro atoms. The number of pyridine rings is 1. The number of nitrogen functional groups attached to an aromatic ring is 1. The molecule has 1 aliphatic rings. The van der Waals surface area contributed by atoms with E-state index in [1.807, 2.05) is 12.4 Å². The van der Waals surface area contributed by atoms with Crippen molar-refractivity contribution in [1.82, 2.24) is 29.5 Å². The molecular weight excluding hydrogens is 438 g/mol. The summed E-state index contributed by atoms with van der Waals surface area (Å²) < 4.78 is 1.75. The smallest absolute Gasteiger partial charge is 0.243 e. The highest BCUT2D eigenvalue weighted by atomic mass is 15.3. The Morgan fingerprint density at radius 3 is 2.49 bits per heavy atom. The zero-order chi connectivity index (χ0) is 24.9. The first-order valence-electron chi connectivity index (χ1n) is 13.0. The van der Waals surface area contributed by atoms with Gasteiger partial charge in [-0.3, -0.25) is 0 Å². The molecule has 1 saturated heterocycles. The summed E-state index contributed by atoms with van der Waals surface area (Å²) in [5.74, 6) is 2.05. The highest BCUT2D eigenvalue weighted by Crippen LogP contribution is 2.24. The molecule has 0 saturated carbocycles. The molecule has 0 bridgehead atoms. The quantitative estimate of drug-likeness (QED) is 0.451. The zero-order valence-corrected chi connectivity index (χ0v) is 22.0. The highest BCUT2D eigenvalue weighted by molar-refractivity contribution is 5.61. The van der Waals surface area contributed by atoms with Gasteiger partial charge in [-0.25, -0.2) is 14.5 Å². The summed E-state index contributed by atoms with van der Waals surface area (Å²) in [6.07, 6.45) is 11.4. The first-order valence-corrected chi connectivity index (χ1v) is 13.0. The summed E-state index contributed by atoms with van der Waals surface area (Å²) in [5, 5.41) is 8.10. The van der Waals surface area contributed by atoms with Gasteiger partial charge in [0.15, 0.2) is 11.5 Å². The number of nitrogens with zero attached hydrogens (tertiary/aromatic N) is 7. The molecule has 1 aliphatic heterocycles. The highest BCUT2D eigenvalue weighted by Gasteiger charge is 2.22. The second kappa shape index (κ2) is 11.2. The van der Waals surface area contributed by atoms with E-state index in [0.717, 1.165) is 55.8 Å². The summed E-state index contributed by atoms with van der Waals surface area (Å²) in [4.78, 5) is 18.8. The molecule has 3 N–H and O–H groups in total. The number of hydrogen-bond acceptors (Lipinski definition) is 8. The molecule has 0 amide bonds. The lowest BCUT2D eigenvalue weighted by Gasteiger charge is -2.36. The van der Waals surface area contributed by atoms with Crippen molar-refractivity contribution in [1.29, 1.82) is 0 Å². The van der Waals surface area contributed by atoms with Crippen LogP contribution in [0.15, 0.2) is 18.5 Å². The molecule has 4 rings (SSSR count). The van der Waals surface area contributed by atoms with Crippen molar-refractivity contribution >= 4 is 23.2 Å². The van der Waals surface area contributed by atoms with Crippen molar-refractivity contribution in [3.8, 4) is 0 Å². The Labute approximate surface area is 209 Å². The van der Waals surface area contributed by atoms with Crippen LogP contribution in [0.4, 0.5) is 17.6 Å². The summed E-state index contributed by atoms with van der Waals surface area (Å²) >= 11 is 0. The summed E-state index contributed by atoms with van der Waals surface area (Å²) in [5.41, 5.74) is 10.1. The maximum Gasteiger partial charge on any atom is 0.243 e. The van der Waals surface area contributed by atoms with Gasteiger partial charge in [0.2, 0.25) is 5.95 Å². The maximum atomic E-state index is 6.25. The fraction of sp³-hybridized carbons (Fsp3) is 0.615. The van der Waals surface area contributed by atoms with Gasteiger partial charge in [-0.05, 0) is 57.8 Å². The number of aromatic nitrogens is 5. The number of fused-ring (bicyclic) bond motifs is 1. The van der Waals surface area contributed by atoms with E-state index in [2.05, 4.69) is 66.1 Å². The topological polar surface area (TPSA) is 100 Å². The number of rotatable bonds is 10. The summed E-state index contributed by atoms with van der Waals surface area (Å²) in [6, 6.07) is 3.24. The lowest BCUT2D eigenvalue weighted by molar-refractivity contribution is 0.249. The number of nitrogens with one attached hydrogen (secondary N) is 1. The lowest BCUT2D eigenvalue weighted by atomic mass is 10.0. The van der Waals surface area contributed by atoms with Crippen LogP contribution in [0.5, 0.6) is 0 Å². The van der Waals surface area contributed by atoms with Gasteiger partial charge in [0.05, 0.1) is 11.9 Å². The van der Waals surface area contributed by atoms with Crippen LogP contribution >= 0.6 is 0 Å². The van der Waals surface area contributed by atoms with Crippen LogP contribution in [-0.2, 0) is 6.42 Å². The van der Waals surface area contributed by atoms with E-state index in [-0.39, 0.29) is 0 Å². The molecule has 0 atom stereocenters. The number of imidazole rings is 1. The fourth-order valence-electron chi connectivity index (χ4n) is 5.13. The predicted molar refractivity (Wildman–Crippen MR) is 143 cm³/mol. The van der Waals surface area contributed by atoms with E-state index in [9.17, 15) is 0 Å². The van der Waals surface area contributed by atoms with Gasteiger partial charge in [-0.15, -0.1) is 5.10 Å². The van der Waals surface area contributed by atoms with Gasteiger partial charge in [0, 0.05) is 37.8 Å². The van der Waals surface area contributed by atoms with E-state index in [1.54, 1.807) is 4.52 Å². The van der Waals surface area contributed by atoms with Crippen LogP contribution in [0.2, 0.25) is 0 Å².